The van der Waals surface area contributed by atoms with E-state index in [2.05, 4.69) is 11.5 Å². The first-order valence-electron chi connectivity index (χ1n) is 2.47. The molecule has 0 heterocycles. The quantitative estimate of drug-likeness (QED) is 0.428. The average molecular weight is 248 g/mol. The van der Waals surface area contributed by atoms with Gasteiger partial charge in [-0.1, -0.05) is 0 Å². The lowest BCUT2D eigenvalue weighted by Gasteiger charge is -2.21. The molecule has 1 aliphatic rings. The summed E-state index contributed by atoms with van der Waals surface area (Å²) >= 11 is 0. The Bertz CT molecular complexity index is 52.0. The fourth-order valence-corrected chi connectivity index (χ4v) is 0.638. The van der Waals surface area contributed by atoms with Gasteiger partial charge in [0.1, 0.15) is 12.1 Å². The molecule has 0 radical (unpaired) electrons. The molecule has 0 bridgehead atoms. The van der Waals surface area contributed by atoms with Crippen molar-refractivity contribution in [2.24, 2.45) is 0 Å². The summed E-state index contributed by atoms with van der Waals surface area (Å²) in [6.45, 7) is 0. The summed E-state index contributed by atoms with van der Waals surface area (Å²) in [7, 11) is 0. The summed E-state index contributed by atoms with van der Waals surface area (Å²) in [6.07, 6.45) is 2.60. The minimum absolute atomic E-state index is 0. The molecule has 2 atom stereocenters. The molecule has 4 heteroatoms. The number of quaternary nitrogens is 2. The molecule has 0 aromatic rings. The van der Waals surface area contributed by atoms with Crippen LogP contribution in [0.25, 0.3) is 0 Å². The third-order valence-electron chi connectivity index (χ3n) is 1.57. The molecule has 0 amide bonds. The highest BCUT2D eigenvalue weighted by molar-refractivity contribution is 4.75. The Kier molecular flexibility index (Phi) is 6.89. The van der Waals surface area contributed by atoms with Gasteiger partial charge < -0.3 is 45.4 Å². The average Bonchev–Trinajstić information content (AvgIpc) is 1.61. The van der Waals surface area contributed by atoms with Crippen molar-refractivity contribution >= 4 is 0 Å². The smallest absolute Gasteiger partial charge is 0.137 e. The van der Waals surface area contributed by atoms with Crippen LogP contribution in [-0.4, -0.2) is 12.1 Å². The summed E-state index contributed by atoms with van der Waals surface area (Å²) in [4.78, 5) is 0. The third-order valence-corrected chi connectivity index (χ3v) is 1.57. The molecule has 1 fully saturated rings. The molecule has 8 heavy (non-hydrogen) atoms. The Morgan fingerprint density at radius 2 is 1.12 bits per heavy atom. The van der Waals surface area contributed by atoms with Crippen LogP contribution in [0.5, 0.6) is 0 Å². The molecule has 0 saturated heterocycles. The van der Waals surface area contributed by atoms with Crippen LogP contribution in [0.4, 0.5) is 0 Å². The maximum atomic E-state index is 3.86. The van der Waals surface area contributed by atoms with Crippen molar-refractivity contribution in [1.29, 1.82) is 0 Å². The van der Waals surface area contributed by atoms with Crippen molar-refractivity contribution in [3.8, 4) is 0 Å². The van der Waals surface area contributed by atoms with Crippen LogP contribution in [0.15, 0.2) is 0 Å². The van der Waals surface area contributed by atoms with Crippen LogP contribution in [-0.2, 0) is 0 Å². The van der Waals surface area contributed by atoms with Gasteiger partial charge in [-0.25, -0.2) is 0 Å². The van der Waals surface area contributed by atoms with Crippen molar-refractivity contribution < 1.29 is 45.4 Å². The molecule has 0 aliphatic heterocycles. The zero-order valence-corrected chi connectivity index (χ0v) is 7.91. The second-order valence-electron chi connectivity index (χ2n) is 2.10. The largest absolute Gasteiger partial charge is 1.00 e. The molecule has 1 rings (SSSR count). The third kappa shape index (κ3) is 2.44. The van der Waals surface area contributed by atoms with Crippen molar-refractivity contribution in [2.75, 3.05) is 0 Å². The van der Waals surface area contributed by atoms with E-state index in [0.717, 1.165) is 0 Å². The lowest BCUT2D eigenvalue weighted by Crippen LogP contribution is -3.00. The number of rotatable bonds is 0. The van der Waals surface area contributed by atoms with Gasteiger partial charge in [0, 0.05) is 12.8 Å². The molecule has 1 saturated carbocycles. The Balaban J connectivity index is 0. The highest BCUT2D eigenvalue weighted by Gasteiger charge is 2.30. The van der Waals surface area contributed by atoms with Gasteiger partial charge in [0.2, 0.25) is 0 Å². The maximum absolute atomic E-state index is 3.86. The molecule has 0 aromatic carbocycles. The first-order valence-corrected chi connectivity index (χ1v) is 2.47. The number of halogens is 2. The Morgan fingerprint density at radius 3 is 1.12 bits per heavy atom. The summed E-state index contributed by atoms with van der Waals surface area (Å²) in [5.74, 6) is 0. The second kappa shape index (κ2) is 4.73. The van der Waals surface area contributed by atoms with E-state index in [4.69, 9.17) is 0 Å². The highest BCUT2D eigenvalue weighted by atomic mass is 79.9. The fraction of sp³-hybridized carbons (Fsp3) is 1.00. The number of hydrogen-bond acceptors (Lipinski definition) is 0. The summed E-state index contributed by atoms with van der Waals surface area (Å²) < 4.78 is 0. The highest BCUT2D eigenvalue weighted by Crippen LogP contribution is 2.10. The van der Waals surface area contributed by atoms with Crippen LogP contribution in [0.1, 0.15) is 12.8 Å². The summed E-state index contributed by atoms with van der Waals surface area (Å²) in [5.41, 5.74) is 7.72. The first-order chi connectivity index (χ1) is 2.80. The standard InChI is InChI=1S/C4H10N2.2BrH/c5-3-1-2-4(3)6;;/h3-4H,1-2,5-6H2;2*1H/t3-,4-;;/m0../s1. The first kappa shape index (κ1) is 11.6. The Labute approximate surface area is 70.5 Å². The van der Waals surface area contributed by atoms with Crippen molar-refractivity contribution in [1.82, 2.24) is 0 Å². The zero-order chi connectivity index (χ0) is 4.57. The van der Waals surface area contributed by atoms with Crippen LogP contribution < -0.4 is 45.4 Å². The zero-order valence-electron chi connectivity index (χ0n) is 4.74. The lowest BCUT2D eigenvalue weighted by molar-refractivity contribution is -0.555. The summed E-state index contributed by atoms with van der Waals surface area (Å²) in [5, 5.41) is 0. The second-order valence-corrected chi connectivity index (χ2v) is 2.10. The fourth-order valence-electron chi connectivity index (χ4n) is 0.638. The molecular formula is C4H12Br2N2. The van der Waals surface area contributed by atoms with Crippen molar-refractivity contribution in [2.45, 2.75) is 24.9 Å². The van der Waals surface area contributed by atoms with Crippen molar-refractivity contribution in [3.05, 3.63) is 0 Å². The van der Waals surface area contributed by atoms with Crippen molar-refractivity contribution in [3.63, 3.8) is 0 Å². The molecule has 0 spiro atoms. The normalized spacial score (nSPS) is 33.8. The molecule has 0 unspecified atom stereocenters. The van der Waals surface area contributed by atoms with Gasteiger partial charge in [-0.05, 0) is 0 Å². The number of hydrogen-bond donors (Lipinski definition) is 2. The minimum atomic E-state index is 0. The van der Waals surface area contributed by atoms with Gasteiger partial charge >= 0.3 is 0 Å². The van der Waals surface area contributed by atoms with Crippen LogP contribution in [0.2, 0.25) is 0 Å². The molecular weight excluding hydrogens is 236 g/mol. The van der Waals surface area contributed by atoms with Gasteiger partial charge in [0.25, 0.3) is 0 Å². The molecule has 6 N–H and O–H groups in total. The maximum Gasteiger partial charge on any atom is 0.137 e. The van der Waals surface area contributed by atoms with E-state index in [-0.39, 0.29) is 34.0 Å². The SMILES string of the molecule is [Br-].[Br-].[NH3+][C@H]1CC[C@@H]1[NH3+]. The monoisotopic (exact) mass is 246 g/mol. The molecule has 2 nitrogen and oxygen atoms in total. The van der Waals surface area contributed by atoms with E-state index < -0.39 is 0 Å². The van der Waals surface area contributed by atoms with Gasteiger partial charge in [-0.15, -0.1) is 0 Å². The molecule has 1 aliphatic carbocycles. The van der Waals surface area contributed by atoms with E-state index >= 15 is 0 Å². The van der Waals surface area contributed by atoms with Gasteiger partial charge in [-0.2, -0.15) is 0 Å². The van der Waals surface area contributed by atoms with Crippen LogP contribution in [0.3, 0.4) is 0 Å². The minimum Gasteiger partial charge on any atom is -1.00 e. The van der Waals surface area contributed by atoms with E-state index in [0.29, 0.717) is 12.1 Å². The predicted molar refractivity (Wildman–Crippen MR) is 22.6 cm³/mol. The van der Waals surface area contributed by atoms with Gasteiger partial charge in [0.05, 0.1) is 0 Å². The van der Waals surface area contributed by atoms with Crippen LogP contribution >= 0.6 is 0 Å². The topological polar surface area (TPSA) is 55.3 Å². The van der Waals surface area contributed by atoms with E-state index in [1.807, 2.05) is 0 Å². The predicted octanol–water partition coefficient (Wildman–Crippen LogP) is -7.99. The summed E-state index contributed by atoms with van der Waals surface area (Å²) in [6, 6.07) is 1.34. The van der Waals surface area contributed by atoms with E-state index in [9.17, 15) is 0 Å². The van der Waals surface area contributed by atoms with E-state index in [1.165, 1.54) is 12.8 Å². The van der Waals surface area contributed by atoms with Gasteiger partial charge in [0.15, 0.2) is 0 Å². The molecule has 0 aromatic heterocycles. The molecule has 52 valence electrons. The van der Waals surface area contributed by atoms with Gasteiger partial charge in [-0.3, -0.25) is 0 Å². The Hall–Kier alpha value is 0.880. The van der Waals surface area contributed by atoms with Crippen LogP contribution in [0, 0.1) is 0 Å². The Morgan fingerprint density at radius 1 is 0.875 bits per heavy atom. The van der Waals surface area contributed by atoms with E-state index in [1.54, 1.807) is 0 Å². The lowest BCUT2D eigenvalue weighted by atomic mass is 9.88.